The molecule has 0 fully saturated rings. The van der Waals surface area contributed by atoms with Crippen molar-refractivity contribution in [3.8, 4) is 5.69 Å². The Labute approximate surface area is 127 Å². The summed E-state index contributed by atoms with van der Waals surface area (Å²) in [6.07, 6.45) is 2.61. The van der Waals surface area contributed by atoms with Gasteiger partial charge >= 0.3 is 0 Å². The van der Waals surface area contributed by atoms with Gasteiger partial charge in [-0.15, -0.1) is 11.6 Å². The Bertz CT molecular complexity index is 765. The molecule has 0 saturated carbocycles. The molecule has 0 N–H and O–H groups in total. The molecule has 20 heavy (non-hydrogen) atoms. The van der Waals surface area contributed by atoms with Crippen LogP contribution in [0.2, 0.25) is 5.02 Å². The van der Waals surface area contributed by atoms with Gasteiger partial charge in [0.1, 0.15) is 11.3 Å². The summed E-state index contributed by atoms with van der Waals surface area (Å²) in [5, 5.41) is 0.575. The number of imidazole rings is 1. The van der Waals surface area contributed by atoms with E-state index < -0.39 is 0 Å². The van der Waals surface area contributed by atoms with Gasteiger partial charge in [0.15, 0.2) is 5.65 Å². The summed E-state index contributed by atoms with van der Waals surface area (Å²) in [7, 11) is 0. The molecule has 0 spiro atoms. The molecule has 3 aromatic rings. The fraction of sp³-hybridized carbons (Fsp3) is 0.200. The first-order valence-electron chi connectivity index (χ1n) is 6.41. The first kappa shape index (κ1) is 13.4. The van der Waals surface area contributed by atoms with Crippen LogP contribution in [0.4, 0.5) is 0 Å². The van der Waals surface area contributed by atoms with E-state index in [2.05, 4.69) is 29.0 Å². The van der Waals surface area contributed by atoms with E-state index in [1.165, 1.54) is 5.56 Å². The molecule has 102 valence electrons. The molecular formula is C15H13Cl2N3. The van der Waals surface area contributed by atoms with Crippen molar-refractivity contribution < 1.29 is 0 Å². The maximum Gasteiger partial charge on any atom is 0.164 e. The average molecular weight is 306 g/mol. The smallest absolute Gasteiger partial charge is 0.164 e. The summed E-state index contributed by atoms with van der Waals surface area (Å²) in [6, 6.07) is 10.1. The van der Waals surface area contributed by atoms with Gasteiger partial charge in [0, 0.05) is 11.9 Å². The zero-order chi connectivity index (χ0) is 14.1. The van der Waals surface area contributed by atoms with Gasteiger partial charge in [0.05, 0.1) is 10.9 Å². The molecule has 2 aromatic heterocycles. The third kappa shape index (κ3) is 2.28. The quantitative estimate of drug-likeness (QED) is 0.673. The van der Waals surface area contributed by atoms with E-state index in [0.717, 1.165) is 29.1 Å². The second-order valence-electron chi connectivity index (χ2n) is 4.52. The van der Waals surface area contributed by atoms with Crippen molar-refractivity contribution in [2.75, 3.05) is 0 Å². The second kappa shape index (κ2) is 5.43. The lowest BCUT2D eigenvalue weighted by atomic mass is 10.1. The van der Waals surface area contributed by atoms with Crippen LogP contribution in [0.25, 0.3) is 16.9 Å². The van der Waals surface area contributed by atoms with Crippen molar-refractivity contribution in [3.05, 3.63) is 52.9 Å². The summed E-state index contributed by atoms with van der Waals surface area (Å²) in [5.74, 6) is 1.09. The van der Waals surface area contributed by atoms with Crippen LogP contribution in [-0.2, 0) is 12.3 Å². The lowest BCUT2D eigenvalue weighted by Gasteiger charge is -2.08. The SMILES string of the molecule is CCc1cccc(-n2c(CCl)nc3cc(Cl)cnc32)c1. The van der Waals surface area contributed by atoms with Crippen LogP contribution in [-0.4, -0.2) is 14.5 Å². The van der Waals surface area contributed by atoms with E-state index in [1.807, 2.05) is 16.7 Å². The van der Waals surface area contributed by atoms with Crippen molar-refractivity contribution in [3.63, 3.8) is 0 Å². The summed E-state index contributed by atoms with van der Waals surface area (Å²) >= 11 is 12.0. The minimum absolute atomic E-state index is 0.324. The monoisotopic (exact) mass is 305 g/mol. The number of rotatable bonds is 3. The lowest BCUT2D eigenvalue weighted by Crippen LogP contribution is -2.00. The number of pyridine rings is 1. The number of aryl methyl sites for hydroxylation is 1. The zero-order valence-electron chi connectivity index (χ0n) is 11.0. The van der Waals surface area contributed by atoms with E-state index in [1.54, 1.807) is 12.3 Å². The van der Waals surface area contributed by atoms with Crippen molar-refractivity contribution in [1.29, 1.82) is 0 Å². The highest BCUT2D eigenvalue weighted by molar-refractivity contribution is 6.31. The average Bonchev–Trinajstić information content (AvgIpc) is 2.84. The molecule has 0 aliphatic carbocycles. The normalized spacial score (nSPS) is 11.2. The molecule has 5 heteroatoms. The van der Waals surface area contributed by atoms with E-state index in [9.17, 15) is 0 Å². The maximum atomic E-state index is 6.02. The lowest BCUT2D eigenvalue weighted by molar-refractivity contribution is 0.964. The molecular weight excluding hydrogens is 293 g/mol. The molecule has 3 rings (SSSR count). The van der Waals surface area contributed by atoms with E-state index in [4.69, 9.17) is 23.2 Å². The molecule has 0 unspecified atom stereocenters. The summed E-state index contributed by atoms with van der Waals surface area (Å²) in [5.41, 5.74) is 3.82. The van der Waals surface area contributed by atoms with Crippen LogP contribution in [0.1, 0.15) is 18.3 Å². The van der Waals surface area contributed by atoms with E-state index in [-0.39, 0.29) is 0 Å². The highest BCUT2D eigenvalue weighted by atomic mass is 35.5. The zero-order valence-corrected chi connectivity index (χ0v) is 12.5. The Morgan fingerprint density at radius 3 is 2.85 bits per heavy atom. The minimum Gasteiger partial charge on any atom is -0.280 e. The third-order valence-corrected chi connectivity index (χ3v) is 3.68. The van der Waals surface area contributed by atoms with Gasteiger partial charge in [-0.3, -0.25) is 4.57 Å². The number of hydrogen-bond acceptors (Lipinski definition) is 2. The molecule has 1 aromatic carbocycles. The number of fused-ring (bicyclic) bond motifs is 1. The van der Waals surface area contributed by atoms with Crippen LogP contribution in [0, 0.1) is 0 Å². The molecule has 0 aliphatic rings. The first-order chi connectivity index (χ1) is 9.72. The van der Waals surface area contributed by atoms with Gasteiger partial charge in [-0.1, -0.05) is 30.7 Å². The van der Waals surface area contributed by atoms with Gasteiger partial charge < -0.3 is 0 Å². The summed E-state index contributed by atoms with van der Waals surface area (Å²) in [4.78, 5) is 8.90. The van der Waals surface area contributed by atoms with Crippen molar-refractivity contribution >= 4 is 34.4 Å². The van der Waals surface area contributed by atoms with E-state index >= 15 is 0 Å². The van der Waals surface area contributed by atoms with Crippen molar-refractivity contribution in [1.82, 2.24) is 14.5 Å². The Morgan fingerprint density at radius 1 is 1.25 bits per heavy atom. The number of halogens is 2. The molecule has 2 heterocycles. The van der Waals surface area contributed by atoms with Gasteiger partial charge in [-0.2, -0.15) is 0 Å². The fourth-order valence-corrected chi connectivity index (χ4v) is 2.60. The second-order valence-corrected chi connectivity index (χ2v) is 5.22. The van der Waals surface area contributed by atoms with Gasteiger partial charge in [-0.25, -0.2) is 9.97 Å². The predicted molar refractivity (Wildman–Crippen MR) is 82.8 cm³/mol. The molecule has 0 aliphatic heterocycles. The predicted octanol–water partition coefficient (Wildman–Crippen LogP) is 4.38. The van der Waals surface area contributed by atoms with Crippen LogP contribution in [0.15, 0.2) is 36.5 Å². The Morgan fingerprint density at radius 2 is 2.10 bits per heavy atom. The van der Waals surface area contributed by atoms with Crippen LogP contribution >= 0.6 is 23.2 Å². The highest BCUT2D eigenvalue weighted by Gasteiger charge is 2.13. The van der Waals surface area contributed by atoms with Gasteiger partial charge in [-0.05, 0) is 30.2 Å². The third-order valence-electron chi connectivity index (χ3n) is 3.23. The van der Waals surface area contributed by atoms with E-state index in [0.29, 0.717) is 10.9 Å². The first-order valence-corrected chi connectivity index (χ1v) is 7.32. The Balaban J connectivity index is 2.28. The fourth-order valence-electron chi connectivity index (χ4n) is 2.26. The minimum atomic E-state index is 0.324. The number of alkyl halides is 1. The van der Waals surface area contributed by atoms with Crippen LogP contribution in [0.5, 0.6) is 0 Å². The number of benzene rings is 1. The van der Waals surface area contributed by atoms with Crippen LogP contribution < -0.4 is 0 Å². The highest BCUT2D eigenvalue weighted by Crippen LogP contribution is 2.23. The molecule has 0 bridgehead atoms. The van der Waals surface area contributed by atoms with Crippen molar-refractivity contribution in [2.45, 2.75) is 19.2 Å². The molecule has 0 atom stereocenters. The Kier molecular flexibility index (Phi) is 3.64. The molecule has 3 nitrogen and oxygen atoms in total. The number of hydrogen-bond donors (Lipinski definition) is 0. The topological polar surface area (TPSA) is 30.7 Å². The van der Waals surface area contributed by atoms with Crippen LogP contribution in [0.3, 0.4) is 0 Å². The molecule has 0 amide bonds. The molecule has 0 saturated heterocycles. The number of aromatic nitrogens is 3. The summed E-state index contributed by atoms with van der Waals surface area (Å²) < 4.78 is 1.98. The molecule has 0 radical (unpaired) electrons. The number of nitrogens with zero attached hydrogens (tertiary/aromatic N) is 3. The van der Waals surface area contributed by atoms with Gasteiger partial charge in [0.2, 0.25) is 0 Å². The largest absolute Gasteiger partial charge is 0.280 e. The standard InChI is InChI=1S/C15H13Cl2N3/c1-2-10-4-3-5-12(6-10)20-14(8-16)19-13-7-11(17)9-18-15(13)20/h3-7,9H,2,8H2,1H3. The van der Waals surface area contributed by atoms with Gasteiger partial charge in [0.25, 0.3) is 0 Å². The maximum absolute atomic E-state index is 6.02. The summed E-state index contributed by atoms with van der Waals surface area (Å²) in [6.45, 7) is 2.13. The Hall–Kier alpha value is -1.58. The van der Waals surface area contributed by atoms with Crippen molar-refractivity contribution in [2.24, 2.45) is 0 Å².